The number of hydrogen-bond acceptors (Lipinski definition) is 0. The number of rotatable bonds is 6. The Hall–Kier alpha value is -9.88. The molecule has 0 amide bonds. The zero-order valence-corrected chi connectivity index (χ0v) is 46.4. The Morgan fingerprint density at radius 1 is 0.310 bits per heavy atom. The summed E-state index contributed by atoms with van der Waals surface area (Å²) in [5.74, 6) is 1.30. The molecule has 0 aromatic heterocycles. The van der Waals surface area contributed by atoms with Crippen LogP contribution < -0.4 is 10.4 Å². The van der Waals surface area contributed by atoms with E-state index in [0.29, 0.717) is 17.8 Å². The summed E-state index contributed by atoms with van der Waals surface area (Å²) in [4.78, 5) is 0. The topological polar surface area (TPSA) is 0 Å². The van der Waals surface area contributed by atoms with E-state index in [1.807, 2.05) is 0 Å². The van der Waals surface area contributed by atoms with Crippen molar-refractivity contribution in [2.24, 2.45) is 11.8 Å². The van der Waals surface area contributed by atoms with Gasteiger partial charge in [-0.3, -0.25) is 0 Å². The molecule has 3 atom stereocenters. The fraction of sp³-hybridized carbons (Fsp3) is 0.0952. The van der Waals surface area contributed by atoms with Gasteiger partial charge in [-0.25, -0.2) is 0 Å². The molecule has 0 N–H and O–H groups in total. The molecule has 84 heavy (non-hydrogen) atoms. The zero-order valence-electron chi connectivity index (χ0n) is 46.4. The van der Waals surface area contributed by atoms with Gasteiger partial charge in [-0.2, -0.15) is 0 Å². The third-order valence-electron chi connectivity index (χ3n) is 20.7. The fourth-order valence-corrected chi connectivity index (χ4v) is 17.9. The van der Waals surface area contributed by atoms with Crippen molar-refractivity contribution in [3.8, 4) is 33.4 Å². The Balaban J connectivity index is 1.17. The van der Waals surface area contributed by atoms with E-state index in [1.54, 1.807) is 11.1 Å². The number of allylic oxidation sites excluding steroid dienone is 21. The summed E-state index contributed by atoms with van der Waals surface area (Å²) in [5, 5.41) is 28.2. The van der Waals surface area contributed by atoms with Crippen LogP contribution >= 0.6 is 0 Å². The first kappa shape index (κ1) is 45.7. The lowest BCUT2D eigenvalue weighted by Gasteiger charge is -2.32. The normalized spacial score (nSPS) is 19.5. The van der Waals surface area contributed by atoms with Gasteiger partial charge in [0.05, 0.1) is 0 Å². The summed E-state index contributed by atoms with van der Waals surface area (Å²) >= 11 is 0. The van der Waals surface area contributed by atoms with Crippen LogP contribution in [0.3, 0.4) is 0 Å². The third-order valence-corrected chi connectivity index (χ3v) is 20.7. The van der Waals surface area contributed by atoms with Gasteiger partial charge in [0, 0.05) is 0 Å². The maximum absolute atomic E-state index is 2.63. The standard InChI is InChI=1S/C84H54/c1-2-11-28-47(27-10-1)62-64(49-29-12-3-4-13-30-49)73-58-44-25-42-54-53-41-24-43-57-67(53)77-78(68(54)58)84-81(73)74(66(62)50-31-14-5-6-15-32-50)60-46-26-45-59-69-55-39-22-23-40-56-70(55)79(82(84)76(60)75(59)69)83(77)80-71(56)63(51-35-18-8-19-36-51)61(48-33-16-7-17-34-48)65(72(57)80)52-37-20-9-21-38-52/h1,3,5-14,16-38,40-44,46,59,69,75H,2,4,15,39,45H2. The molecule has 13 aromatic rings. The van der Waals surface area contributed by atoms with Crippen molar-refractivity contribution in [1.82, 2.24) is 0 Å². The number of fused-ring (bicyclic) bond motifs is 7. The van der Waals surface area contributed by atoms with Gasteiger partial charge in [0.2, 0.25) is 0 Å². The van der Waals surface area contributed by atoms with Crippen molar-refractivity contribution < 1.29 is 0 Å². The first-order valence-electron chi connectivity index (χ1n) is 30.6. The molecule has 1 saturated carbocycles. The Morgan fingerprint density at radius 3 is 1.55 bits per heavy atom. The lowest BCUT2D eigenvalue weighted by atomic mass is 9.70. The summed E-state index contributed by atoms with van der Waals surface area (Å²) < 4.78 is 0. The summed E-state index contributed by atoms with van der Waals surface area (Å²) in [5.41, 5.74) is 20.2. The van der Waals surface area contributed by atoms with Crippen molar-refractivity contribution in [1.29, 1.82) is 0 Å². The highest BCUT2D eigenvalue weighted by Crippen LogP contribution is 2.69. The zero-order chi connectivity index (χ0) is 54.5. The second-order valence-electron chi connectivity index (χ2n) is 24.7. The minimum Gasteiger partial charge on any atom is -0.0836 e. The number of benzene rings is 13. The molecule has 7 aliphatic rings. The predicted octanol–water partition coefficient (Wildman–Crippen LogP) is 21.2. The van der Waals surface area contributed by atoms with E-state index in [2.05, 4.69) is 249 Å². The molecule has 0 bridgehead atoms. The summed E-state index contributed by atoms with van der Waals surface area (Å²) in [7, 11) is 0. The fourth-order valence-electron chi connectivity index (χ4n) is 17.9. The quantitative estimate of drug-likeness (QED) is 0.115. The van der Waals surface area contributed by atoms with Gasteiger partial charge in [-0.15, -0.1) is 0 Å². The molecular formula is C84H54. The molecule has 0 aliphatic heterocycles. The lowest BCUT2D eigenvalue weighted by molar-refractivity contribution is 0.798. The minimum absolute atomic E-state index is 0.377. The van der Waals surface area contributed by atoms with Crippen molar-refractivity contribution in [2.75, 3.05) is 0 Å². The maximum Gasteiger partial charge on any atom is -0.0000374 e. The molecule has 0 heteroatoms. The molecule has 20 rings (SSSR count). The molecule has 0 heterocycles. The highest BCUT2D eigenvalue weighted by atomic mass is 14.6. The molecule has 390 valence electrons. The molecule has 1 fully saturated rings. The predicted molar refractivity (Wildman–Crippen MR) is 362 cm³/mol. The van der Waals surface area contributed by atoms with E-state index in [4.69, 9.17) is 0 Å². The molecule has 0 saturated heterocycles. The summed E-state index contributed by atoms with van der Waals surface area (Å²) in [6.07, 6.45) is 53.0. The van der Waals surface area contributed by atoms with Crippen LogP contribution in [-0.4, -0.2) is 0 Å². The van der Waals surface area contributed by atoms with Gasteiger partial charge in [-0.05, 0) is 235 Å². The minimum atomic E-state index is 0.377. The van der Waals surface area contributed by atoms with Crippen molar-refractivity contribution in [3.63, 3.8) is 0 Å². The van der Waals surface area contributed by atoms with Crippen molar-refractivity contribution in [2.45, 2.75) is 38.0 Å². The van der Waals surface area contributed by atoms with Crippen LogP contribution in [-0.2, 0) is 0 Å². The average molecular weight is 1060 g/mol. The van der Waals surface area contributed by atoms with E-state index < -0.39 is 0 Å². The molecule has 3 unspecified atom stereocenters. The van der Waals surface area contributed by atoms with Crippen molar-refractivity contribution in [3.05, 3.63) is 275 Å². The molecule has 0 spiro atoms. The maximum atomic E-state index is 2.63. The summed E-state index contributed by atoms with van der Waals surface area (Å²) in [6.45, 7) is 0. The van der Waals surface area contributed by atoms with E-state index in [0.717, 1.165) is 32.1 Å². The lowest BCUT2D eigenvalue weighted by Crippen LogP contribution is -2.30. The van der Waals surface area contributed by atoms with Crippen LogP contribution in [0.25, 0.3) is 165 Å². The van der Waals surface area contributed by atoms with Gasteiger partial charge in [0.25, 0.3) is 0 Å². The highest BCUT2D eigenvalue weighted by Gasteiger charge is 2.55. The van der Waals surface area contributed by atoms with Gasteiger partial charge in [-0.1, -0.05) is 254 Å². The SMILES string of the molecule is C1=CCC=CC(c2c(C3=CCC=CC=C3)c3c4c5c6c7c8c(c9c(-c%10ccccc%10)c(-c%10ccccc%10)c(-c%10ccccc%10)c%10c%11cccc%12c%13cccc%14c(c2C2=CC=CCC=C2)c3c6c(c%13%14)c(c%12%11)c7c9%10)=CC=CCC=8C2C(CC=C4)C52)=C1. The first-order valence-corrected chi connectivity index (χ1v) is 30.6. The van der Waals surface area contributed by atoms with Crippen LogP contribution in [0.15, 0.2) is 237 Å². The van der Waals surface area contributed by atoms with Crippen LogP contribution in [0.4, 0.5) is 0 Å². The molecule has 0 radical (unpaired) electrons. The van der Waals surface area contributed by atoms with E-state index in [-0.39, 0.29) is 0 Å². The van der Waals surface area contributed by atoms with E-state index >= 15 is 0 Å². The summed E-state index contributed by atoms with van der Waals surface area (Å²) in [6, 6.07) is 49.1. The molecule has 0 nitrogen and oxygen atoms in total. The smallest absolute Gasteiger partial charge is 0.0000374 e. The van der Waals surface area contributed by atoms with Crippen LogP contribution in [0.5, 0.6) is 0 Å². The second-order valence-corrected chi connectivity index (χ2v) is 24.7. The number of hydrogen-bond donors (Lipinski definition) is 0. The molecular weight excluding hydrogens is 1010 g/mol. The molecule has 13 aromatic carbocycles. The van der Waals surface area contributed by atoms with E-state index in [9.17, 15) is 0 Å². The third kappa shape index (κ3) is 5.74. The Bertz CT molecular complexity index is 5640. The highest BCUT2D eigenvalue weighted by molar-refractivity contribution is 6.56. The van der Waals surface area contributed by atoms with E-state index in [1.165, 1.54) is 180 Å². The Kier molecular flexibility index (Phi) is 9.18. The van der Waals surface area contributed by atoms with Crippen LogP contribution in [0, 0.1) is 11.8 Å². The van der Waals surface area contributed by atoms with Crippen LogP contribution in [0.1, 0.15) is 65.8 Å². The Labute approximate surface area is 486 Å². The van der Waals surface area contributed by atoms with Crippen molar-refractivity contribution >= 4 is 131 Å². The van der Waals surface area contributed by atoms with Gasteiger partial charge >= 0.3 is 0 Å². The first-order chi connectivity index (χ1) is 41.8. The van der Waals surface area contributed by atoms with Gasteiger partial charge in [0.1, 0.15) is 0 Å². The largest absolute Gasteiger partial charge is 0.0836 e. The second kappa shape index (κ2) is 16.9. The van der Waals surface area contributed by atoms with Gasteiger partial charge in [0.15, 0.2) is 0 Å². The molecule has 7 aliphatic carbocycles. The van der Waals surface area contributed by atoms with Crippen LogP contribution in [0.2, 0.25) is 0 Å². The van der Waals surface area contributed by atoms with Gasteiger partial charge < -0.3 is 0 Å². The Morgan fingerprint density at radius 2 is 0.857 bits per heavy atom. The monoisotopic (exact) mass is 1060 g/mol. The average Bonchev–Trinajstić information content (AvgIpc) is 1.09.